The molecule has 1 heterocycles. The zero-order valence-corrected chi connectivity index (χ0v) is 20.7. The number of rotatable bonds is 4. The summed E-state index contributed by atoms with van der Waals surface area (Å²) in [6.45, 7) is 6.27. The Kier molecular flexibility index (Phi) is 5.47. The van der Waals surface area contributed by atoms with Crippen LogP contribution < -0.4 is 0 Å². The monoisotopic (exact) mass is 469 g/mol. The minimum atomic E-state index is 0.462. The topological polar surface area (TPSA) is 4.93 Å². The summed E-state index contributed by atoms with van der Waals surface area (Å²) in [5.41, 5.74) is 9.80. The van der Waals surface area contributed by atoms with Crippen molar-refractivity contribution in [1.82, 2.24) is 4.57 Å². The van der Waals surface area contributed by atoms with Crippen molar-refractivity contribution in [3.63, 3.8) is 0 Å². The molecule has 4 aromatic carbocycles. The van der Waals surface area contributed by atoms with Gasteiger partial charge >= 0.3 is 0 Å². The molecule has 0 aliphatic heterocycles. The standard InChI is InChI=1S/C33H27NS/c1-3-23-9-8-10-27(19-23)34-31-13-6-4-12-29(31)30-16-15-24(21-32(30)34)25-17-22(2)18-26(20-25)28-11-5-7-14-33(28)35/h3-16,18-22,35H,1,17H2,2H3. The van der Waals surface area contributed by atoms with Crippen molar-refractivity contribution >= 4 is 51.7 Å². The van der Waals surface area contributed by atoms with Gasteiger partial charge in [-0.2, -0.15) is 0 Å². The zero-order chi connectivity index (χ0) is 23.9. The van der Waals surface area contributed by atoms with Crippen LogP contribution in [0, 0.1) is 5.92 Å². The SMILES string of the molecule is C=Cc1cccc(-n2c3ccccc3c3ccc(C4=CC(c5ccccc5S)=CC(C)C4)cc32)c1. The number of aromatic nitrogens is 1. The molecule has 1 nitrogen and oxygen atoms in total. The normalized spacial score (nSPS) is 15.8. The maximum atomic E-state index is 4.72. The molecular weight excluding hydrogens is 442 g/mol. The van der Waals surface area contributed by atoms with E-state index < -0.39 is 0 Å². The zero-order valence-electron chi connectivity index (χ0n) is 19.8. The van der Waals surface area contributed by atoms with Gasteiger partial charge in [0.2, 0.25) is 0 Å². The molecule has 0 saturated heterocycles. The van der Waals surface area contributed by atoms with Crippen LogP contribution >= 0.6 is 12.6 Å². The summed E-state index contributed by atoms with van der Waals surface area (Å²) in [6, 6.07) is 32.5. The highest BCUT2D eigenvalue weighted by molar-refractivity contribution is 7.80. The van der Waals surface area contributed by atoms with Gasteiger partial charge in [0.15, 0.2) is 0 Å². The van der Waals surface area contributed by atoms with Crippen LogP contribution in [0.2, 0.25) is 0 Å². The number of fused-ring (bicyclic) bond motifs is 3. The van der Waals surface area contributed by atoms with Gasteiger partial charge in [0.1, 0.15) is 0 Å². The number of nitrogens with zero attached hydrogens (tertiary/aromatic N) is 1. The van der Waals surface area contributed by atoms with Crippen molar-refractivity contribution in [2.24, 2.45) is 5.92 Å². The van der Waals surface area contributed by atoms with Crippen LogP contribution in [-0.2, 0) is 0 Å². The van der Waals surface area contributed by atoms with Crippen molar-refractivity contribution in [2.75, 3.05) is 0 Å². The number of thiol groups is 1. The van der Waals surface area contributed by atoms with Crippen molar-refractivity contribution in [1.29, 1.82) is 0 Å². The van der Waals surface area contributed by atoms with Gasteiger partial charge in [-0.1, -0.05) is 92.4 Å². The summed E-state index contributed by atoms with van der Waals surface area (Å²) < 4.78 is 2.38. The maximum absolute atomic E-state index is 4.72. The Morgan fingerprint density at radius 3 is 2.51 bits per heavy atom. The molecule has 1 atom stereocenters. The molecule has 170 valence electrons. The maximum Gasteiger partial charge on any atom is 0.0547 e. The van der Waals surface area contributed by atoms with Crippen LogP contribution in [0.5, 0.6) is 0 Å². The van der Waals surface area contributed by atoms with Gasteiger partial charge in [0.05, 0.1) is 11.0 Å². The van der Waals surface area contributed by atoms with Gasteiger partial charge in [0.25, 0.3) is 0 Å². The Morgan fingerprint density at radius 2 is 1.66 bits per heavy atom. The summed E-state index contributed by atoms with van der Waals surface area (Å²) in [5.74, 6) is 0.462. The lowest BCUT2D eigenvalue weighted by Gasteiger charge is -2.20. The number of benzene rings is 4. The van der Waals surface area contributed by atoms with E-state index in [1.807, 2.05) is 12.1 Å². The first-order valence-corrected chi connectivity index (χ1v) is 12.5. The second kappa shape index (κ2) is 8.79. The van der Waals surface area contributed by atoms with Gasteiger partial charge in [-0.25, -0.2) is 0 Å². The summed E-state index contributed by atoms with van der Waals surface area (Å²) in [4.78, 5) is 1.01. The van der Waals surface area contributed by atoms with E-state index >= 15 is 0 Å². The van der Waals surface area contributed by atoms with Crippen molar-refractivity contribution < 1.29 is 0 Å². The Morgan fingerprint density at radius 1 is 0.857 bits per heavy atom. The Balaban J connectivity index is 1.56. The molecule has 1 aromatic heterocycles. The van der Waals surface area contributed by atoms with E-state index in [1.54, 1.807) is 0 Å². The average Bonchev–Trinajstić information content (AvgIpc) is 3.22. The molecule has 1 unspecified atom stereocenters. The molecule has 35 heavy (non-hydrogen) atoms. The second-order valence-electron chi connectivity index (χ2n) is 9.37. The molecule has 5 aromatic rings. The van der Waals surface area contributed by atoms with Gasteiger partial charge < -0.3 is 4.57 Å². The lowest BCUT2D eigenvalue weighted by molar-refractivity contribution is 0.751. The van der Waals surface area contributed by atoms with Gasteiger partial charge in [0, 0.05) is 21.4 Å². The fourth-order valence-electron chi connectivity index (χ4n) is 5.33. The average molecular weight is 470 g/mol. The fraction of sp³-hybridized carbons (Fsp3) is 0.0909. The highest BCUT2D eigenvalue weighted by Crippen LogP contribution is 2.39. The number of para-hydroxylation sites is 1. The molecule has 0 saturated carbocycles. The van der Waals surface area contributed by atoms with E-state index in [1.165, 1.54) is 44.1 Å². The van der Waals surface area contributed by atoms with E-state index in [9.17, 15) is 0 Å². The lowest BCUT2D eigenvalue weighted by atomic mass is 9.85. The van der Waals surface area contributed by atoms with Gasteiger partial charge in [-0.3, -0.25) is 0 Å². The van der Waals surface area contributed by atoms with E-state index in [4.69, 9.17) is 12.6 Å². The third-order valence-corrected chi connectivity index (χ3v) is 7.35. The third kappa shape index (κ3) is 3.84. The van der Waals surface area contributed by atoms with E-state index in [2.05, 4.69) is 115 Å². The molecule has 0 spiro atoms. The predicted octanol–water partition coefficient (Wildman–Crippen LogP) is 9.22. The van der Waals surface area contributed by atoms with E-state index in [0.717, 1.165) is 22.6 Å². The molecule has 1 aliphatic rings. The Bertz CT molecular complexity index is 1660. The molecule has 0 bridgehead atoms. The molecule has 0 amide bonds. The van der Waals surface area contributed by atoms with Crippen LogP contribution in [0.4, 0.5) is 0 Å². The first-order chi connectivity index (χ1) is 17.1. The largest absolute Gasteiger partial charge is 0.309 e. The molecule has 2 heteroatoms. The van der Waals surface area contributed by atoms with Gasteiger partial charge in [-0.15, -0.1) is 12.6 Å². The van der Waals surface area contributed by atoms with Crippen LogP contribution in [0.1, 0.15) is 30.0 Å². The lowest BCUT2D eigenvalue weighted by Crippen LogP contribution is -2.02. The van der Waals surface area contributed by atoms with E-state index in [-0.39, 0.29) is 0 Å². The summed E-state index contributed by atoms with van der Waals surface area (Å²) >= 11 is 4.72. The molecule has 1 aliphatic carbocycles. The van der Waals surface area contributed by atoms with Crippen molar-refractivity contribution in [2.45, 2.75) is 18.2 Å². The van der Waals surface area contributed by atoms with Crippen molar-refractivity contribution in [3.8, 4) is 5.69 Å². The summed E-state index contributed by atoms with van der Waals surface area (Å²) in [7, 11) is 0. The van der Waals surface area contributed by atoms with E-state index in [0.29, 0.717) is 5.92 Å². The minimum absolute atomic E-state index is 0.462. The van der Waals surface area contributed by atoms with Crippen molar-refractivity contribution in [3.05, 3.63) is 126 Å². The van der Waals surface area contributed by atoms with Crippen LogP contribution in [0.3, 0.4) is 0 Å². The van der Waals surface area contributed by atoms with Crippen LogP contribution in [0.25, 0.3) is 44.7 Å². The predicted molar refractivity (Wildman–Crippen MR) is 154 cm³/mol. The molecule has 0 radical (unpaired) electrons. The summed E-state index contributed by atoms with van der Waals surface area (Å²) in [5, 5.41) is 2.54. The Hall–Kier alpha value is -3.75. The summed E-state index contributed by atoms with van der Waals surface area (Å²) in [6.07, 6.45) is 7.65. The minimum Gasteiger partial charge on any atom is -0.309 e. The molecule has 0 N–H and O–H groups in total. The smallest absolute Gasteiger partial charge is 0.0547 e. The number of allylic oxidation sites excluding steroid dienone is 4. The van der Waals surface area contributed by atoms with Gasteiger partial charge in [-0.05, 0) is 70.5 Å². The third-order valence-electron chi connectivity index (χ3n) is 6.96. The highest BCUT2D eigenvalue weighted by atomic mass is 32.1. The molecule has 6 rings (SSSR count). The number of hydrogen-bond acceptors (Lipinski definition) is 1. The highest BCUT2D eigenvalue weighted by Gasteiger charge is 2.18. The Labute approximate surface area is 212 Å². The molecule has 0 fully saturated rings. The van der Waals surface area contributed by atoms with Crippen LogP contribution in [-0.4, -0.2) is 4.57 Å². The number of hydrogen-bond donors (Lipinski definition) is 1. The quantitative estimate of drug-likeness (QED) is 0.250. The second-order valence-corrected chi connectivity index (χ2v) is 9.86. The van der Waals surface area contributed by atoms with Crippen LogP contribution in [0.15, 0.2) is 115 Å². The first-order valence-electron chi connectivity index (χ1n) is 12.1. The molecular formula is C33H27NS. The first kappa shape index (κ1) is 21.8. The fourth-order valence-corrected chi connectivity index (χ4v) is 5.62.